The third-order valence-corrected chi connectivity index (χ3v) is 6.71. The molecule has 1 aliphatic heterocycles. The lowest BCUT2D eigenvalue weighted by Crippen LogP contribution is -2.45. The van der Waals surface area contributed by atoms with Crippen LogP contribution in [0.5, 0.6) is 0 Å². The number of morpholine rings is 1. The lowest BCUT2D eigenvalue weighted by molar-refractivity contribution is -0.134. The predicted molar refractivity (Wildman–Crippen MR) is 128 cm³/mol. The largest absolute Gasteiger partial charge is 0.378 e. The van der Waals surface area contributed by atoms with Crippen LogP contribution < -0.4 is 11.0 Å². The minimum absolute atomic E-state index is 0.0182. The highest BCUT2D eigenvalue weighted by Gasteiger charge is 2.27. The minimum Gasteiger partial charge on any atom is -0.378 e. The highest BCUT2D eigenvalue weighted by atomic mass is 32.2. The number of rotatable bonds is 7. The molecule has 2 amide bonds. The summed E-state index contributed by atoms with van der Waals surface area (Å²) in [6.45, 7) is 4.04. The predicted octanol–water partition coefficient (Wildman–Crippen LogP) is 2.44. The van der Waals surface area contributed by atoms with Gasteiger partial charge < -0.3 is 9.64 Å². The van der Waals surface area contributed by atoms with Crippen LogP contribution in [-0.4, -0.2) is 57.9 Å². The Balaban J connectivity index is 1.64. The average molecular weight is 467 g/mol. The SMILES string of the molecule is CC[C@H](Sc1nc2ccccc2c(=O)n1NC(=O)Cc1ccccc1)C(=O)N1CCOCC1. The van der Waals surface area contributed by atoms with Gasteiger partial charge in [0.2, 0.25) is 11.8 Å². The molecule has 2 heterocycles. The zero-order chi connectivity index (χ0) is 23.2. The highest BCUT2D eigenvalue weighted by molar-refractivity contribution is 8.00. The first-order chi connectivity index (χ1) is 16.1. The van der Waals surface area contributed by atoms with Crippen LogP contribution in [0.3, 0.4) is 0 Å². The van der Waals surface area contributed by atoms with Gasteiger partial charge in [0.25, 0.3) is 5.56 Å². The number of para-hydroxylation sites is 1. The summed E-state index contributed by atoms with van der Waals surface area (Å²) >= 11 is 1.20. The summed E-state index contributed by atoms with van der Waals surface area (Å²) in [6, 6.07) is 16.3. The van der Waals surface area contributed by atoms with Crippen LogP contribution >= 0.6 is 11.8 Å². The monoisotopic (exact) mass is 466 g/mol. The normalized spacial score (nSPS) is 14.8. The Labute approximate surface area is 195 Å². The Morgan fingerprint density at radius 2 is 1.79 bits per heavy atom. The summed E-state index contributed by atoms with van der Waals surface area (Å²) < 4.78 is 6.53. The zero-order valence-corrected chi connectivity index (χ0v) is 19.2. The summed E-state index contributed by atoms with van der Waals surface area (Å²) in [4.78, 5) is 45.5. The summed E-state index contributed by atoms with van der Waals surface area (Å²) in [5.74, 6) is -0.356. The fourth-order valence-electron chi connectivity index (χ4n) is 3.66. The van der Waals surface area contributed by atoms with Crippen molar-refractivity contribution in [2.75, 3.05) is 31.7 Å². The van der Waals surface area contributed by atoms with E-state index in [0.29, 0.717) is 43.6 Å². The second-order valence-electron chi connectivity index (χ2n) is 7.70. The molecule has 1 aromatic heterocycles. The molecule has 0 saturated carbocycles. The van der Waals surface area contributed by atoms with Crippen LogP contribution in [0.4, 0.5) is 0 Å². The Morgan fingerprint density at radius 1 is 1.09 bits per heavy atom. The van der Waals surface area contributed by atoms with Crippen molar-refractivity contribution >= 4 is 34.5 Å². The standard InChI is InChI=1S/C24H26N4O4S/c1-2-20(23(31)27-12-14-32-15-13-27)33-24-25-19-11-7-6-10-18(19)22(30)28(24)26-21(29)16-17-8-4-3-5-9-17/h3-11,20H,2,12-16H2,1H3,(H,26,29)/t20-/m0/s1. The van der Waals surface area contributed by atoms with Gasteiger partial charge in [0, 0.05) is 13.1 Å². The van der Waals surface area contributed by atoms with Gasteiger partial charge in [-0.15, -0.1) is 0 Å². The molecule has 0 radical (unpaired) electrons. The number of ether oxygens (including phenoxy) is 1. The van der Waals surface area contributed by atoms with E-state index in [0.717, 1.165) is 5.56 Å². The van der Waals surface area contributed by atoms with Crippen molar-refractivity contribution in [1.82, 2.24) is 14.6 Å². The molecule has 0 unspecified atom stereocenters. The Morgan fingerprint density at radius 3 is 2.52 bits per heavy atom. The molecule has 9 heteroatoms. The van der Waals surface area contributed by atoms with Gasteiger partial charge in [-0.2, -0.15) is 4.68 Å². The highest BCUT2D eigenvalue weighted by Crippen LogP contribution is 2.26. The summed E-state index contributed by atoms with van der Waals surface area (Å²) in [6.07, 6.45) is 0.676. The molecule has 1 aliphatic rings. The van der Waals surface area contributed by atoms with Crippen molar-refractivity contribution in [2.45, 2.75) is 30.2 Å². The van der Waals surface area contributed by atoms with Crippen molar-refractivity contribution in [1.29, 1.82) is 0 Å². The quantitative estimate of drug-likeness (QED) is 0.425. The zero-order valence-electron chi connectivity index (χ0n) is 18.4. The number of aromatic nitrogens is 2. The Hall–Kier alpha value is -3.17. The Bertz CT molecular complexity index is 1190. The lowest BCUT2D eigenvalue weighted by atomic mass is 10.1. The third-order valence-electron chi connectivity index (χ3n) is 5.41. The van der Waals surface area contributed by atoms with Crippen LogP contribution in [-0.2, 0) is 20.7 Å². The number of nitrogens with zero attached hydrogens (tertiary/aromatic N) is 3. The fraction of sp³-hybridized carbons (Fsp3) is 0.333. The molecule has 0 aliphatic carbocycles. The molecule has 2 aromatic carbocycles. The molecule has 172 valence electrons. The molecule has 8 nitrogen and oxygen atoms in total. The number of hydrogen-bond acceptors (Lipinski definition) is 6. The average Bonchev–Trinajstić information content (AvgIpc) is 2.85. The molecule has 1 atom stereocenters. The third kappa shape index (κ3) is 5.43. The first-order valence-electron chi connectivity index (χ1n) is 11.0. The molecule has 4 rings (SSSR count). The van der Waals surface area contributed by atoms with Gasteiger partial charge >= 0.3 is 0 Å². The number of carbonyl (C=O) groups excluding carboxylic acids is 2. The fourth-order valence-corrected chi connectivity index (χ4v) is 4.71. The molecule has 33 heavy (non-hydrogen) atoms. The number of fused-ring (bicyclic) bond motifs is 1. The van der Waals surface area contributed by atoms with Gasteiger partial charge in [-0.25, -0.2) is 4.98 Å². The van der Waals surface area contributed by atoms with E-state index in [1.165, 1.54) is 16.4 Å². The summed E-state index contributed by atoms with van der Waals surface area (Å²) in [5.41, 5.74) is 3.68. The summed E-state index contributed by atoms with van der Waals surface area (Å²) in [5, 5.41) is 0.247. The molecule has 1 fully saturated rings. The number of thioether (sulfide) groups is 1. The van der Waals surface area contributed by atoms with Gasteiger partial charge in [0.05, 0.1) is 35.8 Å². The first kappa shape index (κ1) is 23.0. The van der Waals surface area contributed by atoms with E-state index < -0.39 is 5.25 Å². The maximum absolute atomic E-state index is 13.3. The van der Waals surface area contributed by atoms with Crippen molar-refractivity contribution < 1.29 is 14.3 Å². The van der Waals surface area contributed by atoms with Gasteiger partial charge in [0.15, 0.2) is 5.16 Å². The minimum atomic E-state index is -0.437. The van der Waals surface area contributed by atoms with Crippen molar-refractivity contribution in [3.05, 3.63) is 70.5 Å². The van der Waals surface area contributed by atoms with E-state index in [1.54, 1.807) is 29.2 Å². The van der Waals surface area contributed by atoms with E-state index in [9.17, 15) is 14.4 Å². The van der Waals surface area contributed by atoms with E-state index in [4.69, 9.17) is 4.74 Å². The Kier molecular flexibility index (Phi) is 7.41. The van der Waals surface area contributed by atoms with Crippen molar-refractivity contribution in [3.8, 4) is 0 Å². The molecule has 0 spiro atoms. The maximum Gasteiger partial charge on any atom is 0.281 e. The topological polar surface area (TPSA) is 93.5 Å². The van der Waals surface area contributed by atoms with Gasteiger partial charge in [-0.1, -0.05) is 61.2 Å². The molecule has 1 N–H and O–H groups in total. The smallest absolute Gasteiger partial charge is 0.281 e. The van der Waals surface area contributed by atoms with Crippen LogP contribution in [0.25, 0.3) is 10.9 Å². The second-order valence-corrected chi connectivity index (χ2v) is 8.87. The van der Waals surface area contributed by atoms with E-state index in [1.807, 2.05) is 37.3 Å². The van der Waals surface area contributed by atoms with E-state index >= 15 is 0 Å². The molecule has 1 saturated heterocycles. The molecule has 3 aromatic rings. The van der Waals surface area contributed by atoms with Gasteiger partial charge in [-0.05, 0) is 24.1 Å². The van der Waals surface area contributed by atoms with Crippen LogP contribution in [0.2, 0.25) is 0 Å². The molecular weight excluding hydrogens is 440 g/mol. The van der Waals surface area contributed by atoms with Crippen molar-refractivity contribution in [3.63, 3.8) is 0 Å². The van der Waals surface area contributed by atoms with Crippen molar-refractivity contribution in [2.24, 2.45) is 0 Å². The van der Waals surface area contributed by atoms with E-state index in [-0.39, 0.29) is 29.0 Å². The number of nitrogens with one attached hydrogen (secondary N) is 1. The number of amides is 2. The van der Waals surface area contributed by atoms with E-state index in [2.05, 4.69) is 10.4 Å². The number of hydrogen-bond donors (Lipinski definition) is 1. The van der Waals surface area contributed by atoms with Crippen LogP contribution in [0.1, 0.15) is 18.9 Å². The molecule has 0 bridgehead atoms. The lowest BCUT2D eigenvalue weighted by Gasteiger charge is -2.30. The molecular formula is C24H26N4O4S. The maximum atomic E-state index is 13.3. The number of benzene rings is 2. The van der Waals surface area contributed by atoms with Gasteiger partial charge in [0.1, 0.15) is 0 Å². The number of carbonyl (C=O) groups is 2. The summed E-state index contributed by atoms with van der Waals surface area (Å²) in [7, 11) is 0. The van der Waals surface area contributed by atoms with Gasteiger partial charge in [-0.3, -0.25) is 19.8 Å². The second kappa shape index (κ2) is 10.6. The first-order valence-corrected chi connectivity index (χ1v) is 11.8. The van der Waals surface area contributed by atoms with Crippen LogP contribution in [0, 0.1) is 0 Å². The van der Waals surface area contributed by atoms with Crippen LogP contribution in [0.15, 0.2) is 64.5 Å².